The summed E-state index contributed by atoms with van der Waals surface area (Å²) in [6.45, 7) is 4.91. The maximum Gasteiger partial charge on any atom is 0.232 e. The summed E-state index contributed by atoms with van der Waals surface area (Å²) in [5.74, 6) is 1.18. The Bertz CT molecular complexity index is 275. The maximum atomic E-state index is 12.4. The van der Waals surface area contributed by atoms with Gasteiger partial charge in [-0.2, -0.15) is 11.8 Å². The third-order valence-corrected chi connectivity index (χ3v) is 4.37. The first-order valence-corrected chi connectivity index (χ1v) is 7.42. The standard InChI is InChI=1S/C12H24N2O2S/c1-9(5-6-17-4)14(3)11(15)12(2)8-16-7-10(12)13/h9-10H,5-8,13H2,1-4H3. The molecule has 100 valence electrons. The molecule has 0 spiro atoms. The van der Waals surface area contributed by atoms with Gasteiger partial charge in [-0.1, -0.05) is 0 Å². The molecule has 4 nitrogen and oxygen atoms in total. The average molecular weight is 260 g/mol. The number of amides is 1. The fourth-order valence-electron chi connectivity index (χ4n) is 1.99. The molecular weight excluding hydrogens is 236 g/mol. The number of carbonyl (C=O) groups excluding carboxylic acids is 1. The summed E-state index contributed by atoms with van der Waals surface area (Å²) in [6, 6.07) is 0.0600. The fraction of sp³-hybridized carbons (Fsp3) is 0.917. The van der Waals surface area contributed by atoms with Crippen LogP contribution in [0.1, 0.15) is 20.3 Å². The van der Waals surface area contributed by atoms with Crippen LogP contribution in [-0.4, -0.2) is 55.2 Å². The fourth-order valence-corrected chi connectivity index (χ4v) is 2.57. The van der Waals surface area contributed by atoms with Gasteiger partial charge in [0.1, 0.15) is 0 Å². The van der Waals surface area contributed by atoms with E-state index < -0.39 is 5.41 Å². The first-order valence-electron chi connectivity index (χ1n) is 6.03. The number of hydrogen-bond acceptors (Lipinski definition) is 4. The van der Waals surface area contributed by atoms with Gasteiger partial charge in [-0.3, -0.25) is 4.79 Å². The van der Waals surface area contributed by atoms with E-state index in [1.165, 1.54) is 0 Å². The van der Waals surface area contributed by atoms with Gasteiger partial charge in [-0.25, -0.2) is 0 Å². The number of nitrogens with two attached hydrogens (primary N) is 1. The lowest BCUT2D eigenvalue weighted by molar-refractivity contribution is -0.142. The topological polar surface area (TPSA) is 55.6 Å². The zero-order chi connectivity index (χ0) is 13.1. The summed E-state index contributed by atoms with van der Waals surface area (Å²) in [5, 5.41) is 0. The monoisotopic (exact) mass is 260 g/mol. The van der Waals surface area contributed by atoms with Crippen molar-refractivity contribution in [3.63, 3.8) is 0 Å². The lowest BCUT2D eigenvalue weighted by atomic mass is 9.84. The minimum atomic E-state index is -0.553. The van der Waals surface area contributed by atoms with E-state index in [9.17, 15) is 4.79 Å². The van der Waals surface area contributed by atoms with Crippen molar-refractivity contribution in [2.75, 3.05) is 32.3 Å². The molecule has 0 saturated carbocycles. The smallest absolute Gasteiger partial charge is 0.232 e. The summed E-state index contributed by atoms with van der Waals surface area (Å²) < 4.78 is 5.33. The zero-order valence-corrected chi connectivity index (χ0v) is 12.0. The molecule has 5 heteroatoms. The third kappa shape index (κ3) is 3.14. The van der Waals surface area contributed by atoms with Crippen LogP contribution in [0, 0.1) is 5.41 Å². The van der Waals surface area contributed by atoms with E-state index in [1.54, 1.807) is 11.8 Å². The highest BCUT2D eigenvalue weighted by Crippen LogP contribution is 2.30. The summed E-state index contributed by atoms with van der Waals surface area (Å²) in [5.41, 5.74) is 5.42. The highest BCUT2D eigenvalue weighted by Gasteiger charge is 2.46. The van der Waals surface area contributed by atoms with Crippen LogP contribution < -0.4 is 5.73 Å². The van der Waals surface area contributed by atoms with E-state index in [1.807, 2.05) is 18.9 Å². The van der Waals surface area contributed by atoms with Crippen molar-refractivity contribution in [2.45, 2.75) is 32.4 Å². The van der Waals surface area contributed by atoms with Crippen LogP contribution in [0.15, 0.2) is 0 Å². The van der Waals surface area contributed by atoms with Crippen LogP contribution in [0.3, 0.4) is 0 Å². The predicted octanol–water partition coefficient (Wildman–Crippen LogP) is 0.950. The molecule has 0 bridgehead atoms. The zero-order valence-electron chi connectivity index (χ0n) is 11.2. The van der Waals surface area contributed by atoms with Gasteiger partial charge >= 0.3 is 0 Å². The van der Waals surface area contributed by atoms with E-state index in [0.29, 0.717) is 13.2 Å². The molecule has 1 saturated heterocycles. The van der Waals surface area contributed by atoms with Crippen LogP contribution in [0.5, 0.6) is 0 Å². The van der Waals surface area contributed by atoms with Crippen LogP contribution >= 0.6 is 11.8 Å². The van der Waals surface area contributed by atoms with Gasteiger partial charge in [0.25, 0.3) is 0 Å². The first-order chi connectivity index (χ1) is 7.93. The molecule has 0 aromatic heterocycles. The van der Waals surface area contributed by atoms with Gasteiger partial charge in [-0.15, -0.1) is 0 Å². The quantitative estimate of drug-likeness (QED) is 0.799. The van der Waals surface area contributed by atoms with Crippen molar-refractivity contribution in [3.05, 3.63) is 0 Å². The predicted molar refractivity (Wildman–Crippen MR) is 72.1 cm³/mol. The Morgan fingerprint density at radius 2 is 2.35 bits per heavy atom. The van der Waals surface area contributed by atoms with Crippen molar-refractivity contribution in [1.29, 1.82) is 0 Å². The molecule has 1 amide bonds. The summed E-state index contributed by atoms with van der Waals surface area (Å²) in [6.07, 6.45) is 3.09. The molecule has 1 rings (SSSR count). The average Bonchev–Trinajstić information content (AvgIpc) is 2.65. The molecule has 1 aliphatic rings. The second-order valence-corrected chi connectivity index (χ2v) is 6.07. The van der Waals surface area contributed by atoms with Crippen LogP contribution in [0.4, 0.5) is 0 Å². The Morgan fingerprint density at radius 3 is 2.82 bits per heavy atom. The highest BCUT2D eigenvalue weighted by atomic mass is 32.2. The van der Waals surface area contributed by atoms with Crippen molar-refractivity contribution >= 4 is 17.7 Å². The normalized spacial score (nSPS) is 30.3. The molecule has 0 aromatic carbocycles. The molecule has 3 unspecified atom stereocenters. The van der Waals surface area contributed by atoms with Crippen LogP contribution in [0.2, 0.25) is 0 Å². The van der Waals surface area contributed by atoms with E-state index >= 15 is 0 Å². The molecule has 17 heavy (non-hydrogen) atoms. The van der Waals surface area contributed by atoms with Gasteiger partial charge in [-0.05, 0) is 32.3 Å². The van der Waals surface area contributed by atoms with E-state index in [-0.39, 0.29) is 18.0 Å². The van der Waals surface area contributed by atoms with Crippen LogP contribution in [-0.2, 0) is 9.53 Å². The van der Waals surface area contributed by atoms with Gasteiger partial charge in [0, 0.05) is 19.1 Å². The van der Waals surface area contributed by atoms with Crippen molar-refractivity contribution in [1.82, 2.24) is 4.90 Å². The molecular formula is C12H24N2O2S. The second-order valence-electron chi connectivity index (χ2n) is 5.09. The molecule has 1 heterocycles. The largest absolute Gasteiger partial charge is 0.379 e. The summed E-state index contributed by atoms with van der Waals surface area (Å²) in [4.78, 5) is 14.3. The van der Waals surface area contributed by atoms with E-state index in [0.717, 1.165) is 12.2 Å². The third-order valence-electron chi connectivity index (χ3n) is 3.73. The first kappa shape index (κ1) is 14.8. The van der Waals surface area contributed by atoms with Crippen molar-refractivity contribution in [2.24, 2.45) is 11.1 Å². The van der Waals surface area contributed by atoms with Gasteiger partial charge in [0.05, 0.1) is 18.6 Å². The molecule has 0 aliphatic carbocycles. The minimum Gasteiger partial charge on any atom is -0.379 e. The molecule has 0 aromatic rings. The van der Waals surface area contributed by atoms with Gasteiger partial charge in [0.2, 0.25) is 5.91 Å². The molecule has 2 N–H and O–H groups in total. The molecule has 3 atom stereocenters. The summed E-state index contributed by atoms with van der Waals surface area (Å²) >= 11 is 1.80. The number of rotatable bonds is 5. The van der Waals surface area contributed by atoms with Crippen molar-refractivity contribution < 1.29 is 9.53 Å². The number of carbonyl (C=O) groups is 1. The Labute approximate surface area is 108 Å². The Morgan fingerprint density at radius 1 is 1.71 bits per heavy atom. The SMILES string of the molecule is CSCCC(C)N(C)C(=O)C1(C)COCC1N. The maximum absolute atomic E-state index is 12.4. The minimum absolute atomic E-state index is 0.108. The highest BCUT2D eigenvalue weighted by molar-refractivity contribution is 7.98. The number of nitrogens with zero attached hydrogens (tertiary/aromatic N) is 1. The number of ether oxygens (including phenoxy) is 1. The lowest BCUT2D eigenvalue weighted by Crippen LogP contribution is -2.52. The Hall–Kier alpha value is -0.260. The van der Waals surface area contributed by atoms with Crippen molar-refractivity contribution in [3.8, 4) is 0 Å². The lowest BCUT2D eigenvalue weighted by Gasteiger charge is -2.34. The molecule has 1 fully saturated rings. The Balaban J connectivity index is 2.62. The molecule has 1 aliphatic heterocycles. The van der Waals surface area contributed by atoms with Crippen LogP contribution in [0.25, 0.3) is 0 Å². The Kier molecular flexibility index (Phi) is 5.28. The number of thioether (sulfide) groups is 1. The van der Waals surface area contributed by atoms with E-state index in [4.69, 9.17) is 10.5 Å². The summed E-state index contributed by atoms with van der Waals surface area (Å²) in [7, 11) is 1.86. The van der Waals surface area contributed by atoms with Gasteiger partial charge in [0.15, 0.2) is 0 Å². The molecule has 0 radical (unpaired) electrons. The van der Waals surface area contributed by atoms with Gasteiger partial charge < -0.3 is 15.4 Å². The number of hydrogen-bond donors (Lipinski definition) is 1. The second kappa shape index (κ2) is 6.07. The van der Waals surface area contributed by atoms with E-state index in [2.05, 4.69) is 13.2 Å².